The van der Waals surface area contributed by atoms with Gasteiger partial charge in [0.05, 0.1) is 0 Å². The first-order chi connectivity index (χ1) is 7.72. The molecule has 5 nitrogen and oxygen atoms in total. The van der Waals surface area contributed by atoms with E-state index in [1.54, 1.807) is 12.1 Å². The van der Waals surface area contributed by atoms with Gasteiger partial charge in [-0.3, -0.25) is 4.79 Å². The van der Waals surface area contributed by atoms with Crippen molar-refractivity contribution in [1.82, 2.24) is 11.1 Å². The third-order valence-corrected chi connectivity index (χ3v) is 2.32. The molecule has 1 aliphatic heterocycles. The molecule has 1 aromatic carbocycles. The van der Waals surface area contributed by atoms with Crippen LogP contribution in [0.15, 0.2) is 45.6 Å². The van der Waals surface area contributed by atoms with Gasteiger partial charge in [0.2, 0.25) is 0 Å². The summed E-state index contributed by atoms with van der Waals surface area (Å²) in [6.45, 7) is 0. The summed E-state index contributed by atoms with van der Waals surface area (Å²) in [6, 6.07) is 8.78. The molecule has 0 saturated heterocycles. The van der Waals surface area contributed by atoms with Crippen molar-refractivity contribution in [2.45, 2.75) is 0 Å². The predicted molar refractivity (Wildman–Crippen MR) is 62.3 cm³/mol. The Bertz CT molecular complexity index is 706. The van der Waals surface area contributed by atoms with Crippen LogP contribution in [0.4, 0.5) is 0 Å². The molecule has 4 N–H and O–H groups in total. The Morgan fingerprint density at radius 1 is 1.12 bits per heavy atom. The van der Waals surface area contributed by atoms with E-state index in [0.717, 1.165) is 0 Å². The van der Waals surface area contributed by atoms with Gasteiger partial charge in [-0.1, -0.05) is 6.07 Å². The van der Waals surface area contributed by atoms with E-state index in [1.165, 1.54) is 24.3 Å². The van der Waals surface area contributed by atoms with E-state index in [4.69, 9.17) is 4.42 Å². The minimum atomic E-state index is -0.143. The predicted octanol–water partition coefficient (Wildman–Crippen LogP) is 1.74. The van der Waals surface area contributed by atoms with Crippen molar-refractivity contribution in [3.05, 3.63) is 46.6 Å². The summed E-state index contributed by atoms with van der Waals surface area (Å²) >= 11 is 0. The second-order valence-electron chi connectivity index (χ2n) is 3.47. The quantitative estimate of drug-likeness (QED) is 0.594. The lowest BCUT2D eigenvalue weighted by atomic mass is 10.2. The molecule has 0 aromatic heterocycles. The Hall–Kier alpha value is -2.40. The third-order valence-electron chi connectivity index (χ3n) is 2.32. The van der Waals surface area contributed by atoms with Crippen LogP contribution in [0.25, 0.3) is 22.6 Å². The summed E-state index contributed by atoms with van der Waals surface area (Å²) in [5.41, 5.74) is 1.46. The highest BCUT2D eigenvalue weighted by atomic mass is 16.3. The van der Waals surface area contributed by atoms with Gasteiger partial charge in [0.1, 0.15) is 11.2 Å². The summed E-state index contributed by atoms with van der Waals surface area (Å²) in [5.74, 6) is 0.251. The van der Waals surface area contributed by atoms with Gasteiger partial charge in [0.25, 0.3) is 0 Å². The third kappa shape index (κ3) is 1.83. The molecule has 0 radical (unpaired) electrons. The first-order valence-electron chi connectivity index (χ1n) is 4.74. The van der Waals surface area contributed by atoms with E-state index in [2.05, 4.69) is 4.98 Å². The largest absolute Gasteiger partial charge is 0.872 e. The van der Waals surface area contributed by atoms with Gasteiger partial charge in [0.15, 0.2) is 16.8 Å². The van der Waals surface area contributed by atoms with Gasteiger partial charge in [-0.2, -0.15) is 0 Å². The summed E-state index contributed by atoms with van der Waals surface area (Å²) in [4.78, 5) is 15.4. The van der Waals surface area contributed by atoms with Crippen molar-refractivity contribution in [2.24, 2.45) is 0 Å². The highest BCUT2D eigenvalue weighted by Crippen LogP contribution is 2.24. The van der Waals surface area contributed by atoms with Gasteiger partial charge in [0, 0.05) is 6.07 Å². The normalized spacial score (nSPS) is 10.4. The Balaban J connectivity index is 0.00000108. The molecule has 5 heteroatoms. The molecule has 0 amide bonds. The summed E-state index contributed by atoms with van der Waals surface area (Å²) < 4.78 is 5.45. The van der Waals surface area contributed by atoms with Crippen molar-refractivity contribution in [2.75, 3.05) is 0 Å². The minimum absolute atomic E-state index is 0. The molecule has 0 saturated carbocycles. The smallest absolute Gasteiger partial charge is 0.182 e. The van der Waals surface area contributed by atoms with E-state index < -0.39 is 0 Å². The molecule has 1 heterocycles. The SMILES string of the molecule is O=c1ccc2nc3ccc([O-])cc3oc-2c1.[NH4+]. The maximum absolute atomic E-state index is 11.1. The standard InChI is InChI=1S/C12H7NO3.H3N/c14-7-1-3-9-11(5-7)16-12-6-8(15)2-4-10(12)13-9;/h1-6,14H;1H3. The van der Waals surface area contributed by atoms with Gasteiger partial charge < -0.3 is 15.7 Å². The zero-order valence-electron chi connectivity index (χ0n) is 9.14. The first kappa shape index (κ1) is 11.1. The number of rotatable bonds is 0. The molecule has 1 aromatic rings. The maximum Gasteiger partial charge on any atom is 0.182 e. The van der Waals surface area contributed by atoms with E-state index in [9.17, 15) is 9.90 Å². The fourth-order valence-electron chi connectivity index (χ4n) is 1.59. The zero-order valence-corrected chi connectivity index (χ0v) is 9.14. The highest BCUT2D eigenvalue weighted by molar-refractivity contribution is 5.77. The van der Waals surface area contributed by atoms with Gasteiger partial charge in [-0.15, -0.1) is 5.75 Å². The minimum Gasteiger partial charge on any atom is -0.872 e. The molecule has 17 heavy (non-hydrogen) atoms. The number of quaternary nitrogens is 1. The number of hydrogen-bond donors (Lipinski definition) is 1. The Morgan fingerprint density at radius 3 is 2.76 bits per heavy atom. The molecule has 0 unspecified atom stereocenters. The Morgan fingerprint density at radius 2 is 1.94 bits per heavy atom. The van der Waals surface area contributed by atoms with E-state index in [-0.39, 0.29) is 17.3 Å². The molecule has 0 atom stereocenters. The molecular weight excluding hydrogens is 220 g/mol. The Kier molecular flexibility index (Phi) is 2.53. The molecule has 1 aliphatic carbocycles. The van der Waals surface area contributed by atoms with Crippen molar-refractivity contribution < 1.29 is 9.52 Å². The fraction of sp³-hybridized carbons (Fsp3) is 0. The maximum atomic E-state index is 11.1. The molecule has 3 rings (SSSR count). The van der Waals surface area contributed by atoms with Crippen LogP contribution < -0.4 is 16.7 Å². The number of nitrogens with zero attached hydrogens (tertiary/aromatic N) is 1. The Labute approximate surface area is 96.3 Å². The molecular formula is C12H10N2O3. The summed E-state index contributed by atoms with van der Waals surface area (Å²) in [5, 5.41) is 11.1. The van der Waals surface area contributed by atoms with Crippen LogP contribution in [-0.2, 0) is 0 Å². The highest BCUT2D eigenvalue weighted by Gasteiger charge is 2.08. The lowest BCUT2D eigenvalue weighted by Crippen LogP contribution is -1.99. The number of aromatic nitrogens is 1. The molecule has 0 bridgehead atoms. The van der Waals surface area contributed by atoms with Gasteiger partial charge in [-0.25, -0.2) is 4.98 Å². The number of fused-ring (bicyclic) bond motifs is 2. The van der Waals surface area contributed by atoms with Crippen LogP contribution >= 0.6 is 0 Å². The van der Waals surface area contributed by atoms with Crippen LogP contribution in [-0.4, -0.2) is 4.98 Å². The van der Waals surface area contributed by atoms with Gasteiger partial charge in [-0.05, 0) is 24.3 Å². The van der Waals surface area contributed by atoms with Crippen molar-refractivity contribution in [1.29, 1.82) is 0 Å². The van der Waals surface area contributed by atoms with Crippen molar-refractivity contribution >= 4 is 11.1 Å². The first-order valence-corrected chi connectivity index (χ1v) is 4.74. The van der Waals surface area contributed by atoms with Crippen molar-refractivity contribution in [3.63, 3.8) is 0 Å². The van der Waals surface area contributed by atoms with Gasteiger partial charge >= 0.3 is 0 Å². The molecule has 0 spiro atoms. The van der Waals surface area contributed by atoms with Crippen molar-refractivity contribution in [3.8, 4) is 17.2 Å². The lowest BCUT2D eigenvalue weighted by Gasteiger charge is -2.08. The van der Waals surface area contributed by atoms with Crippen LogP contribution in [0.1, 0.15) is 0 Å². The van der Waals surface area contributed by atoms with Crippen LogP contribution in [0.2, 0.25) is 0 Å². The van der Waals surface area contributed by atoms with E-state index in [0.29, 0.717) is 22.6 Å². The fourth-order valence-corrected chi connectivity index (χ4v) is 1.59. The van der Waals surface area contributed by atoms with E-state index in [1.807, 2.05) is 0 Å². The number of hydrogen-bond acceptors (Lipinski definition) is 4. The van der Waals surface area contributed by atoms with E-state index >= 15 is 0 Å². The second kappa shape index (κ2) is 3.88. The topological polar surface area (TPSA) is 103 Å². The molecule has 2 aliphatic rings. The zero-order chi connectivity index (χ0) is 11.1. The lowest BCUT2D eigenvalue weighted by molar-refractivity contribution is -0.268. The summed E-state index contributed by atoms with van der Waals surface area (Å²) in [6.07, 6.45) is 0. The molecule has 86 valence electrons. The van der Waals surface area contributed by atoms with Crippen LogP contribution in [0.5, 0.6) is 5.75 Å². The average Bonchev–Trinajstić information content (AvgIpc) is 2.26. The summed E-state index contributed by atoms with van der Waals surface area (Å²) in [7, 11) is 0. The monoisotopic (exact) mass is 230 g/mol. The van der Waals surface area contributed by atoms with Crippen LogP contribution in [0, 0.1) is 0 Å². The molecule has 0 fully saturated rings. The average molecular weight is 230 g/mol. The van der Waals surface area contributed by atoms with Crippen LogP contribution in [0.3, 0.4) is 0 Å². The second-order valence-corrected chi connectivity index (χ2v) is 3.47. The number of benzene rings is 2.